The fraction of sp³-hybridized carbons (Fsp3) is 0.242. The summed E-state index contributed by atoms with van der Waals surface area (Å²) in [6, 6.07) is 20.5. The van der Waals surface area contributed by atoms with Gasteiger partial charge in [0.1, 0.15) is 11.4 Å². The van der Waals surface area contributed by atoms with Crippen LogP contribution in [0.5, 0.6) is 0 Å². The van der Waals surface area contributed by atoms with Crippen LogP contribution >= 0.6 is 11.6 Å². The molecular weight excluding hydrogens is 515 g/mol. The molecule has 0 radical (unpaired) electrons. The first-order valence-corrected chi connectivity index (χ1v) is 13.2. The number of hydrogen-bond donors (Lipinski definition) is 2. The van der Waals surface area contributed by atoms with Crippen LogP contribution < -0.4 is 0 Å². The van der Waals surface area contributed by atoms with Gasteiger partial charge in [-0.3, -0.25) is 0 Å². The number of carboxylic acid groups (broad SMARTS) is 1. The number of fused-ring (bicyclic) bond motifs is 1. The van der Waals surface area contributed by atoms with Crippen molar-refractivity contribution in [2.45, 2.75) is 45.3 Å². The largest absolute Gasteiger partial charge is 0.479 e. The van der Waals surface area contributed by atoms with Gasteiger partial charge in [0.25, 0.3) is 0 Å². The molecule has 0 bridgehead atoms. The molecule has 0 saturated heterocycles. The Bertz CT molecular complexity index is 1550. The average Bonchev–Trinajstić information content (AvgIpc) is 2.90. The van der Waals surface area contributed by atoms with Crippen LogP contribution in [0.15, 0.2) is 72.8 Å². The quantitative estimate of drug-likeness (QED) is 0.175. The van der Waals surface area contributed by atoms with E-state index in [2.05, 4.69) is 11.8 Å². The van der Waals surface area contributed by atoms with Gasteiger partial charge in [-0.1, -0.05) is 73.2 Å². The lowest BCUT2D eigenvalue weighted by Crippen LogP contribution is -2.18. The zero-order valence-corrected chi connectivity index (χ0v) is 22.8. The van der Waals surface area contributed by atoms with Crippen molar-refractivity contribution in [1.82, 2.24) is 0 Å². The Morgan fingerprint density at radius 3 is 2.41 bits per heavy atom. The third kappa shape index (κ3) is 6.49. The van der Waals surface area contributed by atoms with Crippen LogP contribution in [0.2, 0.25) is 5.02 Å². The maximum Gasteiger partial charge on any atom is 0.337 e. The number of ether oxygens (including phenoxy) is 1. The minimum absolute atomic E-state index is 0.328. The van der Waals surface area contributed by atoms with Crippen molar-refractivity contribution in [3.63, 3.8) is 0 Å². The number of carboxylic acids is 1. The number of aliphatic hydroxyl groups is 1. The van der Waals surface area contributed by atoms with Gasteiger partial charge in [-0.05, 0) is 89.7 Å². The van der Waals surface area contributed by atoms with Gasteiger partial charge in [0.05, 0.1) is 0 Å². The number of rotatable bonds is 8. The number of aryl methyl sites for hydroxylation is 1. The number of aliphatic carboxylic acids is 1. The Balaban J connectivity index is 1.90. The normalized spacial score (nSPS) is 13.4. The van der Waals surface area contributed by atoms with Gasteiger partial charge in [0.2, 0.25) is 0 Å². The van der Waals surface area contributed by atoms with E-state index >= 15 is 0 Å². The van der Waals surface area contributed by atoms with E-state index in [4.69, 9.17) is 16.3 Å². The smallest absolute Gasteiger partial charge is 0.337 e. The fourth-order valence-electron chi connectivity index (χ4n) is 4.56. The highest BCUT2D eigenvalue weighted by Crippen LogP contribution is 2.40. The van der Waals surface area contributed by atoms with E-state index in [1.165, 1.54) is 24.3 Å². The van der Waals surface area contributed by atoms with Crippen molar-refractivity contribution in [3.8, 4) is 23.0 Å². The summed E-state index contributed by atoms with van der Waals surface area (Å²) in [5.41, 5.74) is 2.53. The van der Waals surface area contributed by atoms with Gasteiger partial charge in [0, 0.05) is 22.8 Å². The maximum absolute atomic E-state index is 13.4. The van der Waals surface area contributed by atoms with Gasteiger partial charge in [-0.25, -0.2) is 9.18 Å². The Hall–Kier alpha value is -3.69. The summed E-state index contributed by atoms with van der Waals surface area (Å²) in [5, 5.41) is 23.4. The summed E-state index contributed by atoms with van der Waals surface area (Å²) in [6.07, 6.45) is 0.484. The van der Waals surface area contributed by atoms with E-state index < -0.39 is 23.5 Å². The molecule has 0 spiro atoms. The van der Waals surface area contributed by atoms with Crippen LogP contribution in [-0.2, 0) is 15.1 Å². The van der Waals surface area contributed by atoms with Crippen LogP contribution in [0.25, 0.3) is 21.9 Å². The minimum atomic E-state index is -1.50. The van der Waals surface area contributed by atoms with Crippen LogP contribution in [0.3, 0.4) is 0 Å². The van der Waals surface area contributed by atoms with Crippen molar-refractivity contribution < 1.29 is 24.1 Å². The highest BCUT2D eigenvalue weighted by molar-refractivity contribution is 6.30. The van der Waals surface area contributed by atoms with Crippen LogP contribution in [0.4, 0.5) is 4.39 Å². The molecule has 4 aromatic rings. The van der Waals surface area contributed by atoms with Gasteiger partial charge in [0.15, 0.2) is 6.10 Å². The van der Waals surface area contributed by atoms with Gasteiger partial charge >= 0.3 is 5.97 Å². The molecule has 0 aliphatic rings. The third-order valence-corrected chi connectivity index (χ3v) is 6.90. The lowest BCUT2D eigenvalue weighted by molar-refractivity contribution is -0.151. The van der Waals surface area contributed by atoms with Crippen LogP contribution in [-0.4, -0.2) is 22.8 Å². The van der Waals surface area contributed by atoms with Crippen LogP contribution in [0, 0.1) is 24.6 Å². The Kier molecular flexibility index (Phi) is 8.72. The SMILES string of the molecule is CCCCOC(C(=O)O)c1c(C)cc2ccc(C#CC(C)(O)c3ccc(F)cc3)cc2c1-c1ccc(Cl)cc1. The maximum atomic E-state index is 13.4. The molecule has 4 aromatic carbocycles. The predicted octanol–water partition coefficient (Wildman–Crippen LogP) is 7.81. The van der Waals surface area contributed by atoms with E-state index in [1.54, 1.807) is 19.1 Å². The monoisotopic (exact) mass is 544 g/mol. The van der Waals surface area contributed by atoms with E-state index in [1.807, 2.05) is 50.2 Å². The predicted molar refractivity (Wildman–Crippen MR) is 153 cm³/mol. The summed E-state index contributed by atoms with van der Waals surface area (Å²) < 4.78 is 19.3. The van der Waals surface area contributed by atoms with E-state index in [0.29, 0.717) is 28.3 Å². The molecule has 2 unspecified atom stereocenters. The molecule has 200 valence electrons. The first-order chi connectivity index (χ1) is 18.6. The molecule has 0 aliphatic carbocycles. The van der Waals surface area contributed by atoms with Crippen molar-refractivity contribution >= 4 is 28.3 Å². The Morgan fingerprint density at radius 1 is 1.08 bits per heavy atom. The zero-order chi connectivity index (χ0) is 28.2. The molecule has 0 amide bonds. The molecule has 0 saturated carbocycles. The molecule has 4 rings (SSSR count). The third-order valence-electron chi connectivity index (χ3n) is 6.65. The van der Waals surface area contributed by atoms with Gasteiger partial charge < -0.3 is 14.9 Å². The lowest BCUT2D eigenvalue weighted by atomic mass is 9.86. The molecule has 2 atom stereocenters. The molecule has 2 N–H and O–H groups in total. The summed E-state index contributed by atoms with van der Waals surface area (Å²) in [7, 11) is 0. The second-order valence-electron chi connectivity index (χ2n) is 9.70. The molecular formula is C33H30ClFO4. The lowest BCUT2D eigenvalue weighted by Gasteiger charge is -2.22. The highest BCUT2D eigenvalue weighted by atomic mass is 35.5. The zero-order valence-electron chi connectivity index (χ0n) is 22.1. The van der Waals surface area contributed by atoms with Crippen molar-refractivity contribution in [2.24, 2.45) is 0 Å². The number of benzene rings is 4. The molecule has 4 nitrogen and oxygen atoms in total. The first kappa shape index (κ1) is 28.3. The summed E-state index contributed by atoms with van der Waals surface area (Å²) in [4.78, 5) is 12.4. The molecule has 0 heterocycles. The number of carbonyl (C=O) groups is 1. The second-order valence-corrected chi connectivity index (χ2v) is 10.1. The number of hydrogen-bond acceptors (Lipinski definition) is 3. The Labute approximate surface area is 233 Å². The van der Waals surface area contributed by atoms with E-state index in [0.717, 1.165) is 40.3 Å². The van der Waals surface area contributed by atoms with Gasteiger partial charge in [-0.15, -0.1) is 0 Å². The molecule has 0 aromatic heterocycles. The topological polar surface area (TPSA) is 66.8 Å². The molecule has 39 heavy (non-hydrogen) atoms. The number of unbranched alkanes of at least 4 members (excludes halogenated alkanes) is 1. The summed E-state index contributed by atoms with van der Waals surface area (Å²) in [5.74, 6) is 4.48. The molecule has 0 fully saturated rings. The van der Waals surface area contributed by atoms with Crippen molar-refractivity contribution in [2.75, 3.05) is 6.61 Å². The highest BCUT2D eigenvalue weighted by Gasteiger charge is 2.28. The van der Waals surface area contributed by atoms with E-state index in [-0.39, 0.29) is 0 Å². The van der Waals surface area contributed by atoms with Crippen LogP contribution in [0.1, 0.15) is 55.0 Å². The van der Waals surface area contributed by atoms with Crippen molar-refractivity contribution in [3.05, 3.63) is 106 Å². The average molecular weight is 545 g/mol. The number of halogens is 2. The molecule has 6 heteroatoms. The second kappa shape index (κ2) is 12.0. The Morgan fingerprint density at radius 2 is 1.77 bits per heavy atom. The van der Waals surface area contributed by atoms with Gasteiger partial charge in [-0.2, -0.15) is 0 Å². The first-order valence-electron chi connectivity index (χ1n) is 12.8. The minimum Gasteiger partial charge on any atom is -0.479 e. The summed E-state index contributed by atoms with van der Waals surface area (Å²) >= 11 is 6.17. The van der Waals surface area contributed by atoms with Crippen molar-refractivity contribution in [1.29, 1.82) is 0 Å². The summed E-state index contributed by atoms with van der Waals surface area (Å²) in [6.45, 7) is 5.80. The van der Waals surface area contributed by atoms with E-state index in [9.17, 15) is 19.4 Å². The molecule has 0 aliphatic heterocycles. The fourth-order valence-corrected chi connectivity index (χ4v) is 4.69. The standard InChI is InChI=1S/C33H30ClFO4/c1-4-5-18-39-31(32(36)37)29-21(2)19-24-7-6-22(16-17-33(3,38)25-10-14-27(35)15-11-25)20-28(24)30(29)23-8-12-26(34)13-9-23/h6-15,19-20,31,38H,4-5,18H2,1-3H3,(H,36,37).